The topological polar surface area (TPSA) is 53.6 Å². The fraction of sp³-hybridized carbons (Fsp3) is 0.611. The van der Waals surface area contributed by atoms with E-state index in [1.54, 1.807) is 7.11 Å². The number of benzene rings is 1. The van der Waals surface area contributed by atoms with Crippen molar-refractivity contribution in [3.05, 3.63) is 24.3 Å². The molecule has 1 amide bonds. The highest BCUT2D eigenvalue weighted by Gasteiger charge is 2.39. The number of hydrogen-bond donors (Lipinski definition) is 2. The Kier molecular flexibility index (Phi) is 5.18. The van der Waals surface area contributed by atoms with Gasteiger partial charge in [-0.1, -0.05) is 6.07 Å². The number of nitrogens with one attached hydrogen (secondary N) is 2. The van der Waals surface area contributed by atoms with E-state index in [1.165, 1.54) is 18.5 Å². The van der Waals surface area contributed by atoms with Gasteiger partial charge >= 0.3 is 0 Å². The van der Waals surface area contributed by atoms with Gasteiger partial charge in [-0.25, -0.2) is 0 Å². The molecule has 0 atom stereocenters. The van der Waals surface area contributed by atoms with Crippen LogP contribution in [0.3, 0.4) is 0 Å². The summed E-state index contributed by atoms with van der Waals surface area (Å²) in [5, 5.41) is 6.45. The van der Waals surface area contributed by atoms with Crippen molar-refractivity contribution in [1.82, 2.24) is 5.32 Å². The number of amides is 1. The van der Waals surface area contributed by atoms with Gasteiger partial charge in [-0.05, 0) is 57.0 Å². The molecule has 2 saturated heterocycles. The van der Waals surface area contributed by atoms with E-state index in [2.05, 4.69) is 27.7 Å². The van der Waals surface area contributed by atoms with Crippen molar-refractivity contribution in [2.45, 2.75) is 25.7 Å². The van der Waals surface area contributed by atoms with Gasteiger partial charge in [0.15, 0.2) is 0 Å². The van der Waals surface area contributed by atoms with Gasteiger partial charge in [-0.3, -0.25) is 4.79 Å². The number of anilines is 2. The molecule has 1 aromatic rings. The summed E-state index contributed by atoms with van der Waals surface area (Å²) in [5.74, 6) is 0.0828. The summed E-state index contributed by atoms with van der Waals surface area (Å²) in [7, 11) is 1.67. The lowest BCUT2D eigenvalue weighted by Gasteiger charge is -2.35. The molecule has 126 valence electrons. The second-order valence-electron chi connectivity index (χ2n) is 6.66. The summed E-state index contributed by atoms with van der Waals surface area (Å²) in [6, 6.07) is 8.20. The highest BCUT2D eigenvalue weighted by molar-refractivity contribution is 5.96. The van der Waals surface area contributed by atoms with Crippen molar-refractivity contribution in [3.8, 4) is 0 Å². The first-order chi connectivity index (χ1) is 11.2. The fourth-order valence-electron chi connectivity index (χ4n) is 3.64. The van der Waals surface area contributed by atoms with Crippen LogP contribution in [-0.2, 0) is 9.53 Å². The van der Waals surface area contributed by atoms with Crippen LogP contribution >= 0.6 is 0 Å². The van der Waals surface area contributed by atoms with E-state index in [1.807, 2.05) is 12.1 Å². The molecule has 3 rings (SSSR count). The molecule has 0 aliphatic carbocycles. The van der Waals surface area contributed by atoms with E-state index in [-0.39, 0.29) is 5.91 Å². The molecule has 0 radical (unpaired) electrons. The second-order valence-corrected chi connectivity index (χ2v) is 6.66. The van der Waals surface area contributed by atoms with Crippen LogP contribution in [0, 0.1) is 5.41 Å². The molecular weight excluding hydrogens is 290 g/mol. The molecule has 0 spiro atoms. The van der Waals surface area contributed by atoms with Gasteiger partial charge in [-0.2, -0.15) is 0 Å². The minimum absolute atomic E-state index is 0.0828. The maximum absolute atomic E-state index is 12.9. The largest absolute Gasteiger partial charge is 0.384 e. The van der Waals surface area contributed by atoms with Crippen LogP contribution < -0.4 is 15.5 Å². The van der Waals surface area contributed by atoms with Crippen LogP contribution in [0.1, 0.15) is 25.7 Å². The van der Waals surface area contributed by atoms with Crippen LogP contribution in [-0.4, -0.2) is 45.8 Å². The van der Waals surface area contributed by atoms with Crippen LogP contribution in [0.5, 0.6) is 0 Å². The third kappa shape index (κ3) is 3.67. The van der Waals surface area contributed by atoms with E-state index < -0.39 is 5.41 Å². The van der Waals surface area contributed by atoms with Gasteiger partial charge < -0.3 is 20.3 Å². The van der Waals surface area contributed by atoms with Crippen LogP contribution in [0.25, 0.3) is 0 Å². The number of hydrogen-bond acceptors (Lipinski definition) is 4. The molecule has 5 nitrogen and oxygen atoms in total. The second kappa shape index (κ2) is 7.32. The van der Waals surface area contributed by atoms with E-state index in [0.717, 1.165) is 44.7 Å². The Morgan fingerprint density at radius 3 is 2.74 bits per heavy atom. The summed E-state index contributed by atoms with van der Waals surface area (Å²) < 4.78 is 5.35. The first-order valence-electron chi connectivity index (χ1n) is 8.60. The average molecular weight is 317 g/mol. The van der Waals surface area contributed by atoms with Gasteiger partial charge in [0.25, 0.3) is 0 Å². The lowest BCUT2D eigenvalue weighted by atomic mass is 9.78. The van der Waals surface area contributed by atoms with Crippen LogP contribution in [0.4, 0.5) is 11.4 Å². The summed E-state index contributed by atoms with van der Waals surface area (Å²) in [4.78, 5) is 15.3. The Bertz CT molecular complexity index is 529. The number of carbonyl (C=O) groups excluding carboxylic acids is 1. The number of rotatable bonds is 5. The Hall–Kier alpha value is -1.59. The highest BCUT2D eigenvalue weighted by atomic mass is 16.5. The third-order valence-corrected chi connectivity index (χ3v) is 5.04. The molecule has 23 heavy (non-hydrogen) atoms. The van der Waals surface area contributed by atoms with Crippen molar-refractivity contribution in [2.75, 3.05) is 50.1 Å². The Morgan fingerprint density at radius 1 is 1.30 bits per heavy atom. The summed E-state index contributed by atoms with van der Waals surface area (Å²) in [6.07, 6.45) is 4.14. The average Bonchev–Trinajstić information content (AvgIpc) is 3.11. The molecular formula is C18H27N3O2. The lowest BCUT2D eigenvalue weighted by molar-refractivity contribution is -0.130. The first-order valence-corrected chi connectivity index (χ1v) is 8.60. The van der Waals surface area contributed by atoms with Crippen molar-refractivity contribution < 1.29 is 9.53 Å². The normalized spacial score (nSPS) is 20.5. The number of nitrogens with zero attached hydrogens (tertiary/aromatic N) is 1. The standard InChI is InChI=1S/C18H27N3O2/c1-23-14-18(7-9-19-10-8-18)17(22)20-15-5-4-6-16(13-15)21-11-2-3-12-21/h4-6,13,19H,2-3,7-12,14H2,1H3,(H,20,22). The van der Waals surface area contributed by atoms with Crippen molar-refractivity contribution in [1.29, 1.82) is 0 Å². The van der Waals surface area contributed by atoms with E-state index in [4.69, 9.17) is 4.74 Å². The monoisotopic (exact) mass is 317 g/mol. The Balaban J connectivity index is 1.72. The van der Waals surface area contributed by atoms with Gasteiger partial charge in [0.1, 0.15) is 0 Å². The Morgan fingerprint density at radius 2 is 2.04 bits per heavy atom. The summed E-state index contributed by atoms with van der Waals surface area (Å²) >= 11 is 0. The number of piperidine rings is 1. The zero-order valence-electron chi connectivity index (χ0n) is 13.9. The lowest BCUT2D eigenvalue weighted by Crippen LogP contribution is -2.47. The number of ether oxygens (including phenoxy) is 1. The number of methoxy groups -OCH3 is 1. The Labute approximate surface area is 138 Å². The predicted molar refractivity (Wildman–Crippen MR) is 92.9 cm³/mol. The molecule has 0 bridgehead atoms. The van der Waals surface area contributed by atoms with Gasteiger partial charge in [0.2, 0.25) is 5.91 Å². The molecule has 1 aromatic carbocycles. The SMILES string of the molecule is COCC1(C(=O)Nc2cccc(N3CCCC3)c2)CCNCC1. The first kappa shape index (κ1) is 16.3. The van der Waals surface area contributed by atoms with Crippen LogP contribution in [0.2, 0.25) is 0 Å². The van der Waals surface area contributed by atoms with E-state index in [9.17, 15) is 4.79 Å². The zero-order chi connectivity index (χ0) is 16.1. The van der Waals surface area contributed by atoms with Gasteiger partial charge in [-0.15, -0.1) is 0 Å². The molecule has 0 aromatic heterocycles. The molecule has 2 aliphatic rings. The summed E-state index contributed by atoms with van der Waals surface area (Å²) in [6.45, 7) is 4.43. The molecule has 5 heteroatoms. The smallest absolute Gasteiger partial charge is 0.233 e. The number of carbonyl (C=O) groups is 1. The maximum atomic E-state index is 12.9. The van der Waals surface area contributed by atoms with Crippen molar-refractivity contribution in [2.24, 2.45) is 5.41 Å². The molecule has 0 saturated carbocycles. The minimum atomic E-state index is -0.413. The summed E-state index contributed by atoms with van der Waals surface area (Å²) in [5.41, 5.74) is 1.67. The van der Waals surface area contributed by atoms with Gasteiger partial charge in [0, 0.05) is 31.6 Å². The quantitative estimate of drug-likeness (QED) is 0.874. The molecule has 2 fully saturated rings. The van der Waals surface area contributed by atoms with E-state index >= 15 is 0 Å². The molecule has 2 heterocycles. The predicted octanol–water partition coefficient (Wildman–Crippen LogP) is 2.24. The minimum Gasteiger partial charge on any atom is -0.384 e. The van der Waals surface area contributed by atoms with Crippen molar-refractivity contribution >= 4 is 17.3 Å². The fourth-order valence-corrected chi connectivity index (χ4v) is 3.64. The molecule has 0 unspecified atom stereocenters. The van der Waals surface area contributed by atoms with Crippen LogP contribution in [0.15, 0.2) is 24.3 Å². The molecule has 2 aliphatic heterocycles. The van der Waals surface area contributed by atoms with E-state index in [0.29, 0.717) is 6.61 Å². The third-order valence-electron chi connectivity index (χ3n) is 5.04. The maximum Gasteiger partial charge on any atom is 0.233 e. The van der Waals surface area contributed by atoms with Crippen molar-refractivity contribution in [3.63, 3.8) is 0 Å². The van der Waals surface area contributed by atoms with Gasteiger partial charge in [0.05, 0.1) is 12.0 Å². The zero-order valence-corrected chi connectivity index (χ0v) is 13.9. The highest BCUT2D eigenvalue weighted by Crippen LogP contribution is 2.31. The molecule has 2 N–H and O–H groups in total.